The predicted molar refractivity (Wildman–Crippen MR) is 207 cm³/mol. The van der Waals surface area contributed by atoms with E-state index in [9.17, 15) is 25.9 Å². The highest BCUT2D eigenvalue weighted by Crippen LogP contribution is 2.44. The van der Waals surface area contributed by atoms with Crippen molar-refractivity contribution in [2.45, 2.75) is 52.6 Å². The van der Waals surface area contributed by atoms with Gasteiger partial charge in [0, 0.05) is 19.2 Å². The quantitative estimate of drug-likeness (QED) is 0.0497. The molecule has 51 heavy (non-hydrogen) atoms. The molecule has 4 aromatic carbocycles. The molecule has 0 unspecified atom stereocenters. The molecule has 0 radical (unpaired) electrons. The maximum Gasteiger partial charge on any atom is 0.282 e. The maximum absolute atomic E-state index is 11.4. The Bertz CT molecular complexity index is 2380. The van der Waals surface area contributed by atoms with E-state index in [0.717, 1.165) is 68.7 Å². The van der Waals surface area contributed by atoms with Crippen molar-refractivity contribution in [3.8, 4) is 0 Å². The number of rotatable bonds is 15. The zero-order valence-corrected chi connectivity index (χ0v) is 30.7. The van der Waals surface area contributed by atoms with Gasteiger partial charge < -0.3 is 9.80 Å². The van der Waals surface area contributed by atoms with Gasteiger partial charge in [-0.15, -0.1) is 0 Å². The molecule has 1 aliphatic heterocycles. The smallest absolute Gasteiger partial charge is 0.282 e. The molecule has 6 rings (SSSR count). The molecule has 0 atom stereocenters. The lowest BCUT2D eigenvalue weighted by molar-refractivity contribution is -0.674. The van der Waals surface area contributed by atoms with Crippen molar-refractivity contribution < 1.29 is 30.5 Å². The summed E-state index contributed by atoms with van der Waals surface area (Å²) in [6, 6.07) is 25.3. The summed E-state index contributed by atoms with van der Waals surface area (Å²) in [5.41, 5.74) is 4.31. The summed E-state index contributed by atoms with van der Waals surface area (Å²) in [6.45, 7) is 6.89. The summed E-state index contributed by atoms with van der Waals surface area (Å²) in [4.78, 5) is 4.49. The first-order valence-electron chi connectivity index (χ1n) is 17.5. The van der Waals surface area contributed by atoms with Crippen LogP contribution in [0.2, 0.25) is 0 Å². The molecule has 0 bridgehead atoms. The Balaban J connectivity index is 1.32. The van der Waals surface area contributed by atoms with Crippen LogP contribution in [0.5, 0.6) is 0 Å². The van der Waals surface area contributed by atoms with Gasteiger partial charge in [-0.3, -0.25) is 9.11 Å². The Morgan fingerprint density at radius 1 is 0.667 bits per heavy atom. The number of fused-ring (bicyclic) bond motifs is 4. The zero-order valence-electron chi connectivity index (χ0n) is 29.0. The number of aromatic nitrogens is 2. The SMILES string of the molecule is CCN1C(=CC=CC=Cc2n(CC)c3cc4ccccc4cc3[n+]2CCCCS(=O)(=O)O)N(CCCCS(=O)(=O)O)c2cc3ccccc3cc21. The van der Waals surface area contributed by atoms with E-state index >= 15 is 0 Å². The number of benzene rings is 4. The average Bonchev–Trinajstić information content (AvgIpc) is 3.54. The number of imidazole rings is 1. The number of nitrogens with zero attached hydrogens (tertiary/aromatic N) is 4. The van der Waals surface area contributed by atoms with Crippen LogP contribution in [0.4, 0.5) is 11.4 Å². The lowest BCUT2D eigenvalue weighted by Crippen LogP contribution is -2.36. The largest absolute Gasteiger partial charge is 0.326 e. The molecule has 1 aromatic heterocycles. The van der Waals surface area contributed by atoms with Gasteiger partial charge in [-0.05, 0) is 91.4 Å². The molecule has 5 aromatic rings. The molecular formula is C39H45N4O6S2+. The highest BCUT2D eigenvalue weighted by molar-refractivity contribution is 7.86. The van der Waals surface area contributed by atoms with Crippen molar-refractivity contribution in [1.82, 2.24) is 4.57 Å². The highest BCUT2D eigenvalue weighted by atomic mass is 32.2. The Labute approximate surface area is 300 Å². The molecular weight excluding hydrogens is 685 g/mol. The molecule has 2 heterocycles. The van der Waals surface area contributed by atoms with Crippen LogP contribution in [0.3, 0.4) is 0 Å². The van der Waals surface area contributed by atoms with Crippen molar-refractivity contribution in [3.05, 3.63) is 109 Å². The molecule has 0 fully saturated rings. The molecule has 0 aliphatic carbocycles. The van der Waals surface area contributed by atoms with Crippen molar-refractivity contribution in [2.75, 3.05) is 34.4 Å². The van der Waals surface area contributed by atoms with E-state index in [4.69, 9.17) is 0 Å². The first-order valence-corrected chi connectivity index (χ1v) is 20.7. The van der Waals surface area contributed by atoms with Crippen LogP contribution < -0.4 is 14.4 Å². The van der Waals surface area contributed by atoms with E-state index in [-0.39, 0.29) is 11.5 Å². The Morgan fingerprint density at radius 2 is 1.24 bits per heavy atom. The van der Waals surface area contributed by atoms with Crippen LogP contribution in [0.1, 0.15) is 45.4 Å². The molecule has 2 N–H and O–H groups in total. The fraction of sp³-hybridized carbons (Fsp3) is 0.308. The van der Waals surface area contributed by atoms with Crippen LogP contribution in [-0.2, 0) is 33.3 Å². The lowest BCUT2D eigenvalue weighted by atomic mass is 10.1. The monoisotopic (exact) mass is 729 g/mol. The molecule has 0 amide bonds. The highest BCUT2D eigenvalue weighted by Gasteiger charge is 2.30. The van der Waals surface area contributed by atoms with Crippen LogP contribution >= 0.6 is 0 Å². The maximum atomic E-state index is 11.4. The van der Waals surface area contributed by atoms with Crippen LogP contribution in [0.15, 0.2) is 103 Å². The zero-order chi connectivity index (χ0) is 36.2. The molecule has 0 saturated heterocycles. The van der Waals surface area contributed by atoms with Gasteiger partial charge in [-0.1, -0.05) is 66.8 Å². The van der Waals surface area contributed by atoms with E-state index in [1.54, 1.807) is 0 Å². The first-order chi connectivity index (χ1) is 24.5. The number of allylic oxidation sites excluding steroid dienone is 4. The minimum Gasteiger partial charge on any atom is -0.326 e. The lowest BCUT2D eigenvalue weighted by Gasteiger charge is -2.24. The summed E-state index contributed by atoms with van der Waals surface area (Å²) in [5.74, 6) is 1.44. The topological polar surface area (TPSA) is 124 Å². The Hall–Kier alpha value is -4.49. The number of anilines is 2. The molecule has 1 aliphatic rings. The van der Waals surface area contributed by atoms with Crippen molar-refractivity contribution >= 4 is 70.3 Å². The van der Waals surface area contributed by atoms with Gasteiger partial charge >= 0.3 is 0 Å². The van der Waals surface area contributed by atoms with Crippen molar-refractivity contribution in [3.63, 3.8) is 0 Å². The van der Waals surface area contributed by atoms with E-state index in [1.807, 2.05) is 42.5 Å². The third kappa shape index (κ3) is 8.36. The van der Waals surface area contributed by atoms with Gasteiger partial charge in [0.15, 0.2) is 11.0 Å². The third-order valence-electron chi connectivity index (χ3n) is 9.37. The number of hydrogen-bond donors (Lipinski definition) is 2. The molecule has 12 heteroatoms. The third-order valence-corrected chi connectivity index (χ3v) is 11.0. The second-order valence-corrected chi connectivity index (χ2v) is 15.9. The summed E-state index contributed by atoms with van der Waals surface area (Å²) < 4.78 is 68.6. The van der Waals surface area contributed by atoms with Gasteiger partial charge in [-0.25, -0.2) is 9.13 Å². The summed E-state index contributed by atoms with van der Waals surface area (Å²) in [5, 5.41) is 4.54. The molecule has 10 nitrogen and oxygen atoms in total. The minimum absolute atomic E-state index is 0.266. The normalized spacial score (nSPS) is 14.8. The molecule has 0 spiro atoms. The second kappa shape index (κ2) is 15.4. The summed E-state index contributed by atoms with van der Waals surface area (Å²) in [6.07, 6.45) is 12.0. The van der Waals surface area contributed by atoms with Crippen LogP contribution in [0, 0.1) is 0 Å². The molecule has 0 saturated carbocycles. The van der Waals surface area contributed by atoms with Gasteiger partial charge in [-0.2, -0.15) is 16.8 Å². The van der Waals surface area contributed by atoms with E-state index in [2.05, 4.69) is 93.5 Å². The first kappa shape index (κ1) is 36.3. The van der Waals surface area contributed by atoms with Gasteiger partial charge in [0.2, 0.25) is 0 Å². The van der Waals surface area contributed by atoms with Crippen LogP contribution in [-0.4, -0.2) is 55.1 Å². The standard InChI is InChI=1S/C39H44N4O6S2/c1-3-40-34-26-30-16-8-10-18-32(30)28-36(34)42(22-12-14-24-50(44,45)46)38(40)20-6-5-7-21-39-41(4-2)35-27-31-17-9-11-19-33(31)29-37(35)43(39)23-13-15-25-51(47,48)49/h5-11,16-21,26-29H,3-4,12-15,22-25H2,1-2H3,(H-,44,45,46,47,48,49)/p+1. The Morgan fingerprint density at radius 3 is 1.82 bits per heavy atom. The van der Waals surface area contributed by atoms with Gasteiger partial charge in [0.1, 0.15) is 5.82 Å². The van der Waals surface area contributed by atoms with Gasteiger partial charge in [0.05, 0.1) is 36.0 Å². The predicted octanol–water partition coefficient (Wildman–Crippen LogP) is 7.35. The van der Waals surface area contributed by atoms with E-state index in [1.165, 1.54) is 0 Å². The van der Waals surface area contributed by atoms with E-state index in [0.29, 0.717) is 38.8 Å². The molecule has 268 valence electrons. The number of hydrogen-bond acceptors (Lipinski definition) is 6. The van der Waals surface area contributed by atoms with Crippen molar-refractivity contribution in [2.24, 2.45) is 0 Å². The average molecular weight is 730 g/mol. The number of unbranched alkanes of at least 4 members (excludes halogenated alkanes) is 2. The second-order valence-electron chi connectivity index (χ2n) is 12.8. The number of aryl methyl sites for hydroxylation is 2. The fourth-order valence-electron chi connectivity index (χ4n) is 7.03. The van der Waals surface area contributed by atoms with Crippen molar-refractivity contribution in [1.29, 1.82) is 0 Å². The Kier molecular flexibility index (Phi) is 11.0. The summed E-state index contributed by atoms with van der Waals surface area (Å²) in [7, 11) is -8.04. The minimum atomic E-state index is -4.02. The van der Waals surface area contributed by atoms with E-state index < -0.39 is 20.2 Å². The van der Waals surface area contributed by atoms with Gasteiger partial charge in [0.25, 0.3) is 26.1 Å². The fourth-order valence-corrected chi connectivity index (χ4v) is 8.17. The van der Waals surface area contributed by atoms with Crippen LogP contribution in [0.25, 0.3) is 38.7 Å². The summed E-state index contributed by atoms with van der Waals surface area (Å²) >= 11 is 0.